The predicted molar refractivity (Wildman–Crippen MR) is 184 cm³/mol. The average molecular weight is 685 g/mol. The maximum absolute atomic E-state index is 12.9. The molecule has 9 nitrogen and oxygen atoms in total. The average Bonchev–Trinajstić information content (AvgIpc) is 3.97. The number of hydrogen-bond donors (Lipinski definition) is 3. The molecule has 8 fully saturated rings. The highest BCUT2D eigenvalue weighted by Crippen LogP contribution is 2.89. The number of morpholine rings is 1. The highest BCUT2D eigenvalue weighted by molar-refractivity contribution is 5.77. The number of nitrogens with zero attached hydrogens (tertiary/aromatic N) is 1. The van der Waals surface area contributed by atoms with Gasteiger partial charge in [-0.1, -0.05) is 34.6 Å². The van der Waals surface area contributed by atoms with Gasteiger partial charge in [-0.3, -0.25) is 14.9 Å². The van der Waals surface area contributed by atoms with E-state index in [4.69, 9.17) is 14.2 Å². The lowest BCUT2D eigenvalue weighted by Gasteiger charge is -2.64. The molecule has 2 saturated heterocycles. The number of carbonyl (C=O) groups is 2. The SMILES string of the molecule is CC1CC(CNC(C)(C)C(=O)O)OC2C1C1(C)CCC34CC35CCC(OC3CN(C(=O)CC6CC6)CCO3)C(C)(C)C5CCC4C1(C)C2O. The van der Waals surface area contributed by atoms with Gasteiger partial charge in [0.2, 0.25) is 5.91 Å². The molecule has 6 saturated carbocycles. The van der Waals surface area contributed by atoms with Crippen LogP contribution in [0.3, 0.4) is 0 Å². The van der Waals surface area contributed by atoms with E-state index in [9.17, 15) is 19.8 Å². The van der Waals surface area contributed by atoms with Crippen molar-refractivity contribution in [2.45, 2.75) is 155 Å². The van der Waals surface area contributed by atoms with E-state index >= 15 is 0 Å². The van der Waals surface area contributed by atoms with E-state index in [0.717, 1.165) is 32.1 Å². The van der Waals surface area contributed by atoms with E-state index in [-0.39, 0.29) is 52.2 Å². The van der Waals surface area contributed by atoms with E-state index in [1.165, 1.54) is 32.1 Å². The highest BCUT2D eigenvalue weighted by Gasteiger charge is 2.84. The third-order valence-corrected chi connectivity index (χ3v) is 17.0. The lowest BCUT2D eigenvalue weighted by molar-refractivity contribution is -0.248. The maximum Gasteiger partial charge on any atom is 0.323 e. The number of carboxylic acids is 1. The Morgan fingerprint density at radius 1 is 1.00 bits per heavy atom. The second-order valence-electron chi connectivity index (χ2n) is 19.9. The molecule has 1 amide bonds. The van der Waals surface area contributed by atoms with Gasteiger partial charge in [0.1, 0.15) is 5.54 Å². The summed E-state index contributed by atoms with van der Waals surface area (Å²) in [6.45, 7) is 17.8. The van der Waals surface area contributed by atoms with Gasteiger partial charge in [-0.2, -0.15) is 0 Å². The van der Waals surface area contributed by atoms with Gasteiger partial charge in [-0.25, -0.2) is 0 Å². The van der Waals surface area contributed by atoms with E-state index in [1.807, 2.05) is 4.90 Å². The van der Waals surface area contributed by atoms with Crippen molar-refractivity contribution in [3.8, 4) is 0 Å². The third kappa shape index (κ3) is 4.93. The number of carbonyl (C=O) groups excluding carboxylic acids is 1. The van der Waals surface area contributed by atoms with Crippen molar-refractivity contribution in [2.75, 3.05) is 26.2 Å². The minimum Gasteiger partial charge on any atom is -0.480 e. The van der Waals surface area contributed by atoms with Gasteiger partial charge in [0, 0.05) is 24.9 Å². The largest absolute Gasteiger partial charge is 0.480 e. The van der Waals surface area contributed by atoms with Crippen molar-refractivity contribution in [2.24, 2.45) is 56.7 Å². The molecule has 2 aliphatic heterocycles. The van der Waals surface area contributed by atoms with Crippen LogP contribution in [0.4, 0.5) is 0 Å². The van der Waals surface area contributed by atoms with Crippen LogP contribution in [-0.2, 0) is 23.8 Å². The number of carboxylic acid groups (broad SMARTS) is 1. The summed E-state index contributed by atoms with van der Waals surface area (Å²) in [5.74, 6) is 1.72. The molecule has 9 heteroatoms. The summed E-state index contributed by atoms with van der Waals surface area (Å²) in [5.41, 5.74) is -0.677. The summed E-state index contributed by atoms with van der Waals surface area (Å²) in [7, 11) is 0. The molecular weight excluding hydrogens is 620 g/mol. The Hall–Kier alpha value is -1.26. The normalized spacial score (nSPS) is 50.0. The number of rotatable bonds is 8. The van der Waals surface area contributed by atoms with Crippen LogP contribution < -0.4 is 5.32 Å². The zero-order chi connectivity index (χ0) is 34.9. The van der Waals surface area contributed by atoms with Crippen LogP contribution in [0.2, 0.25) is 0 Å². The molecule has 0 aromatic rings. The number of nitrogens with one attached hydrogen (secondary N) is 1. The summed E-state index contributed by atoms with van der Waals surface area (Å²) >= 11 is 0. The van der Waals surface area contributed by atoms with Crippen LogP contribution in [-0.4, -0.2) is 89.5 Å². The molecular formula is C40H64N2O7. The van der Waals surface area contributed by atoms with Crippen LogP contribution in [0.5, 0.6) is 0 Å². The number of aliphatic hydroxyl groups excluding tert-OH is 1. The molecule has 13 atom stereocenters. The first-order valence-corrected chi connectivity index (χ1v) is 19.9. The van der Waals surface area contributed by atoms with Gasteiger partial charge >= 0.3 is 5.97 Å². The Labute approximate surface area is 293 Å². The fourth-order valence-electron chi connectivity index (χ4n) is 14.0. The third-order valence-electron chi connectivity index (χ3n) is 17.0. The fourth-order valence-corrected chi connectivity index (χ4v) is 14.0. The molecule has 6 aliphatic carbocycles. The van der Waals surface area contributed by atoms with Crippen molar-refractivity contribution >= 4 is 11.9 Å². The van der Waals surface area contributed by atoms with Crippen molar-refractivity contribution in [3.63, 3.8) is 0 Å². The van der Waals surface area contributed by atoms with Crippen molar-refractivity contribution < 1.29 is 34.0 Å². The minimum absolute atomic E-state index is 0.00126. The summed E-state index contributed by atoms with van der Waals surface area (Å²) in [4.78, 5) is 26.6. The molecule has 2 spiro atoms. The van der Waals surface area contributed by atoms with Gasteiger partial charge in [-0.05, 0) is 129 Å². The smallest absolute Gasteiger partial charge is 0.323 e. The van der Waals surface area contributed by atoms with Crippen molar-refractivity contribution in [1.82, 2.24) is 10.2 Å². The molecule has 0 aromatic carbocycles. The number of hydrogen-bond acceptors (Lipinski definition) is 7. The maximum atomic E-state index is 12.9. The van der Waals surface area contributed by atoms with Gasteiger partial charge in [0.05, 0.1) is 37.6 Å². The first-order chi connectivity index (χ1) is 23.0. The molecule has 0 bridgehead atoms. The fraction of sp³-hybridized carbons (Fsp3) is 0.950. The summed E-state index contributed by atoms with van der Waals surface area (Å²) in [5, 5.41) is 25.4. The molecule has 0 radical (unpaired) electrons. The molecule has 2 heterocycles. The van der Waals surface area contributed by atoms with Crippen LogP contribution in [0, 0.1) is 56.7 Å². The topological polar surface area (TPSA) is 118 Å². The van der Waals surface area contributed by atoms with Gasteiger partial charge in [0.25, 0.3) is 0 Å². The standard InChI is InChI=1S/C40H64N2O7/c1-23-18-25(20-41-36(4,5)34(45)46)48-32-31(23)37(6)14-15-40-22-39(40)13-12-28(35(2,3)26(39)10-11-27(40)38(37,7)33(32)44)49-30-21-42(16-17-47-30)29(43)19-24-8-9-24/h23-28,30-33,41,44H,8-22H2,1-7H3,(H,45,46). The first-order valence-electron chi connectivity index (χ1n) is 19.9. The molecule has 276 valence electrons. The molecule has 0 aromatic heterocycles. The van der Waals surface area contributed by atoms with Gasteiger partial charge in [0.15, 0.2) is 6.29 Å². The summed E-state index contributed by atoms with van der Waals surface area (Å²) in [6, 6.07) is 0. The van der Waals surface area contributed by atoms with E-state index in [1.54, 1.807) is 13.8 Å². The number of aliphatic carboxylic acids is 1. The second-order valence-corrected chi connectivity index (χ2v) is 19.9. The Bertz CT molecular complexity index is 1350. The lowest BCUT2D eigenvalue weighted by Crippen LogP contribution is -2.60. The lowest BCUT2D eigenvalue weighted by atomic mass is 9.41. The van der Waals surface area contributed by atoms with Crippen LogP contribution in [0.25, 0.3) is 0 Å². The Morgan fingerprint density at radius 2 is 1.71 bits per heavy atom. The van der Waals surface area contributed by atoms with Crippen LogP contribution >= 0.6 is 0 Å². The second kappa shape index (κ2) is 11.4. The van der Waals surface area contributed by atoms with Crippen molar-refractivity contribution in [3.05, 3.63) is 0 Å². The number of fused-ring (bicyclic) bond motifs is 4. The molecule has 8 aliphatic rings. The van der Waals surface area contributed by atoms with Crippen LogP contribution in [0.1, 0.15) is 119 Å². The molecule has 13 unspecified atom stereocenters. The van der Waals surface area contributed by atoms with Crippen molar-refractivity contribution in [1.29, 1.82) is 0 Å². The number of ether oxygens (including phenoxy) is 3. The van der Waals surface area contributed by atoms with E-state index in [0.29, 0.717) is 67.7 Å². The minimum atomic E-state index is -1.02. The predicted octanol–water partition coefficient (Wildman–Crippen LogP) is 5.62. The number of amides is 1. The summed E-state index contributed by atoms with van der Waals surface area (Å²) in [6.07, 6.45) is 11.0. The zero-order valence-electron chi connectivity index (χ0n) is 31.3. The quantitative estimate of drug-likeness (QED) is 0.302. The first kappa shape index (κ1) is 34.8. The Morgan fingerprint density at radius 3 is 2.43 bits per heavy atom. The Balaban J connectivity index is 0.981. The summed E-state index contributed by atoms with van der Waals surface area (Å²) < 4.78 is 19.8. The monoisotopic (exact) mass is 684 g/mol. The molecule has 8 rings (SSSR count). The molecule has 3 N–H and O–H groups in total. The van der Waals surface area contributed by atoms with Gasteiger partial charge < -0.3 is 29.3 Å². The van der Waals surface area contributed by atoms with Gasteiger partial charge in [-0.15, -0.1) is 0 Å². The Kier molecular flexibility index (Phi) is 8.08. The van der Waals surface area contributed by atoms with Crippen LogP contribution in [0.15, 0.2) is 0 Å². The number of aliphatic hydroxyl groups is 1. The van der Waals surface area contributed by atoms with E-state index in [2.05, 4.69) is 39.9 Å². The highest BCUT2D eigenvalue weighted by atomic mass is 16.7. The zero-order valence-corrected chi connectivity index (χ0v) is 31.3. The molecule has 49 heavy (non-hydrogen) atoms. The van der Waals surface area contributed by atoms with E-state index < -0.39 is 17.6 Å².